The third-order valence-electron chi connectivity index (χ3n) is 12.4. The lowest BCUT2D eigenvalue weighted by Crippen LogP contribution is -2.29. The first-order valence-corrected chi connectivity index (χ1v) is 23.4. The quantitative estimate of drug-likeness (QED) is 0.131. The highest BCUT2D eigenvalue weighted by atomic mass is 32.2. The first kappa shape index (κ1) is 46.2. The van der Waals surface area contributed by atoms with Crippen molar-refractivity contribution in [3.63, 3.8) is 0 Å². The Hall–Kier alpha value is -4.33. The van der Waals surface area contributed by atoms with Gasteiger partial charge in [-0.25, -0.2) is 0 Å². The number of rotatable bonds is 9. The molecule has 0 aromatic heterocycles. The molecule has 6 rings (SSSR count). The molecular weight excluding hydrogens is 753 g/mol. The summed E-state index contributed by atoms with van der Waals surface area (Å²) >= 11 is 1.99. The van der Waals surface area contributed by atoms with E-state index < -0.39 is 0 Å². The van der Waals surface area contributed by atoms with Crippen LogP contribution in [0.5, 0.6) is 0 Å². The van der Waals surface area contributed by atoms with E-state index in [4.69, 9.17) is 0 Å². The maximum absolute atomic E-state index is 2.64. The second-order valence-corrected chi connectivity index (χ2v) is 23.4. The van der Waals surface area contributed by atoms with Crippen LogP contribution in [0.3, 0.4) is 0 Å². The molecule has 0 saturated carbocycles. The van der Waals surface area contributed by atoms with Crippen LogP contribution in [0.2, 0.25) is 0 Å². The molecule has 0 atom stereocenters. The molecule has 1 heteroatoms. The minimum absolute atomic E-state index is 0.0325. The minimum atomic E-state index is -0.105. The molecule has 0 aliphatic rings. The molecule has 0 radical (unpaired) electrons. The Balaban J connectivity index is 1.93. The molecule has 0 amide bonds. The lowest BCUT2D eigenvalue weighted by atomic mass is 9.63. The van der Waals surface area contributed by atoms with Crippen LogP contribution in [0.25, 0.3) is 0 Å². The van der Waals surface area contributed by atoms with Crippen molar-refractivity contribution in [2.24, 2.45) is 0 Å². The summed E-state index contributed by atoms with van der Waals surface area (Å²) in [6.07, 6.45) is 1.72. The smallest absolute Gasteiger partial charge is 0.0355 e. The van der Waals surface area contributed by atoms with Crippen molar-refractivity contribution in [2.45, 2.75) is 168 Å². The van der Waals surface area contributed by atoms with Crippen LogP contribution in [0.15, 0.2) is 119 Å². The Morgan fingerprint density at radius 2 is 0.754 bits per heavy atom. The predicted octanol–water partition coefficient (Wildman–Crippen LogP) is 16.9. The van der Waals surface area contributed by atoms with Gasteiger partial charge in [-0.1, -0.05) is 203 Å². The lowest BCUT2D eigenvalue weighted by molar-refractivity contribution is 0.535. The molecule has 320 valence electrons. The molecule has 0 spiro atoms. The maximum atomic E-state index is 2.64. The average Bonchev–Trinajstić information content (AvgIpc) is 3.14. The average molecular weight is 827 g/mol. The van der Waals surface area contributed by atoms with Gasteiger partial charge in [-0.3, -0.25) is 0 Å². The van der Waals surface area contributed by atoms with Crippen molar-refractivity contribution in [2.75, 3.05) is 0 Å². The minimum Gasteiger partial charge on any atom is -0.0895 e. The Bertz CT molecular complexity index is 2330. The third kappa shape index (κ3) is 10.5. The summed E-state index contributed by atoms with van der Waals surface area (Å²) in [6, 6.07) is 42.2. The van der Waals surface area contributed by atoms with Crippen LogP contribution in [-0.4, -0.2) is 0 Å². The van der Waals surface area contributed by atoms with E-state index >= 15 is 0 Å². The van der Waals surface area contributed by atoms with Gasteiger partial charge in [0.2, 0.25) is 0 Å². The summed E-state index contributed by atoms with van der Waals surface area (Å²) in [5, 5.41) is 0. The highest BCUT2D eigenvalue weighted by molar-refractivity contribution is 7.99. The van der Waals surface area contributed by atoms with E-state index in [2.05, 4.69) is 227 Å². The summed E-state index contributed by atoms with van der Waals surface area (Å²) in [5.74, 6) is -0.0325. The lowest BCUT2D eigenvalue weighted by Gasteiger charge is -2.40. The molecule has 0 unspecified atom stereocenters. The van der Waals surface area contributed by atoms with Gasteiger partial charge in [0.05, 0.1) is 0 Å². The molecule has 0 aliphatic carbocycles. The largest absolute Gasteiger partial charge is 0.0895 e. The zero-order valence-corrected chi connectivity index (χ0v) is 41.6. The van der Waals surface area contributed by atoms with E-state index in [0.717, 1.165) is 12.8 Å². The molecule has 0 nitrogen and oxygen atoms in total. The van der Waals surface area contributed by atoms with Gasteiger partial charge in [0.25, 0.3) is 0 Å². The van der Waals surface area contributed by atoms with Crippen LogP contribution in [-0.2, 0) is 34.5 Å². The summed E-state index contributed by atoms with van der Waals surface area (Å²) in [5.41, 5.74) is 21.9. The van der Waals surface area contributed by atoms with Crippen molar-refractivity contribution in [3.05, 3.63) is 198 Å². The van der Waals surface area contributed by atoms with Gasteiger partial charge < -0.3 is 0 Å². The van der Waals surface area contributed by atoms with Gasteiger partial charge in [0.1, 0.15) is 0 Å². The highest BCUT2D eigenvalue weighted by Gasteiger charge is 2.39. The predicted molar refractivity (Wildman–Crippen MR) is 268 cm³/mol. The van der Waals surface area contributed by atoms with Crippen LogP contribution in [0.4, 0.5) is 0 Å². The van der Waals surface area contributed by atoms with Gasteiger partial charge >= 0.3 is 0 Å². The molecule has 0 fully saturated rings. The standard InChI is InChI=1S/C60H74S/c1-38-28-39(2)30-45(29-38)61-56-46(36-43-24-20-18-21-25-43)42(5)35-47(48(56)37-44-26-22-19-23-27-44)53(54-49(57(6,7)8)31-40(3)32-50(54)58(9,10)11)55-51(59(12,13)14)33-41(4)34-52(55)60(15,16)17/h18-35,53H,36-37H2,1-17H3. The summed E-state index contributed by atoms with van der Waals surface area (Å²) < 4.78 is 0. The zero-order chi connectivity index (χ0) is 44.8. The van der Waals surface area contributed by atoms with Crippen molar-refractivity contribution >= 4 is 11.8 Å². The number of benzene rings is 6. The second kappa shape index (κ2) is 17.4. The van der Waals surface area contributed by atoms with E-state index in [1.165, 1.54) is 98.8 Å². The Morgan fingerprint density at radius 1 is 0.410 bits per heavy atom. The van der Waals surface area contributed by atoms with Crippen LogP contribution >= 0.6 is 11.8 Å². The van der Waals surface area contributed by atoms with E-state index in [9.17, 15) is 0 Å². The Kier molecular flexibility index (Phi) is 13.2. The van der Waals surface area contributed by atoms with Gasteiger partial charge in [-0.2, -0.15) is 0 Å². The van der Waals surface area contributed by atoms with E-state index in [1.54, 1.807) is 0 Å². The maximum Gasteiger partial charge on any atom is 0.0355 e. The van der Waals surface area contributed by atoms with Crippen LogP contribution < -0.4 is 0 Å². The third-order valence-corrected chi connectivity index (χ3v) is 13.5. The summed E-state index contributed by atoms with van der Waals surface area (Å²) in [6.45, 7) is 40.6. The summed E-state index contributed by atoms with van der Waals surface area (Å²) in [4.78, 5) is 2.71. The van der Waals surface area contributed by atoms with Gasteiger partial charge in [-0.05, 0) is 159 Å². The molecule has 6 aromatic rings. The van der Waals surface area contributed by atoms with Gasteiger partial charge in [0.15, 0.2) is 0 Å². The number of aryl methyl sites for hydroxylation is 5. The first-order chi connectivity index (χ1) is 28.3. The molecule has 0 heterocycles. The zero-order valence-electron chi connectivity index (χ0n) is 40.8. The molecule has 0 saturated heterocycles. The summed E-state index contributed by atoms with van der Waals surface area (Å²) in [7, 11) is 0. The van der Waals surface area contributed by atoms with Crippen LogP contribution in [0.1, 0.15) is 178 Å². The fourth-order valence-electron chi connectivity index (χ4n) is 9.55. The fourth-order valence-corrected chi connectivity index (χ4v) is 10.9. The van der Waals surface area contributed by atoms with Gasteiger partial charge in [0, 0.05) is 15.7 Å². The number of hydrogen-bond acceptors (Lipinski definition) is 1. The van der Waals surface area contributed by atoms with Crippen molar-refractivity contribution in [1.29, 1.82) is 0 Å². The van der Waals surface area contributed by atoms with Crippen molar-refractivity contribution in [1.82, 2.24) is 0 Å². The molecule has 61 heavy (non-hydrogen) atoms. The SMILES string of the molecule is Cc1cc(C)cc(Sc2c(Cc3ccccc3)c(C)cc(C(c3c(C(C)(C)C)cc(C)cc3C(C)(C)C)c3c(C(C)(C)C)cc(C)cc3C(C)(C)C)c2Cc2ccccc2)c1. The van der Waals surface area contributed by atoms with Crippen molar-refractivity contribution in [3.8, 4) is 0 Å². The normalized spacial score (nSPS) is 12.7. The molecule has 0 bridgehead atoms. The van der Waals surface area contributed by atoms with E-state index in [0.29, 0.717) is 0 Å². The molecular formula is C60H74S. The molecule has 6 aromatic carbocycles. The Labute approximate surface area is 376 Å². The molecule has 0 N–H and O–H groups in total. The van der Waals surface area contributed by atoms with E-state index in [1.807, 2.05) is 11.8 Å². The monoisotopic (exact) mass is 827 g/mol. The first-order valence-electron chi connectivity index (χ1n) is 22.6. The van der Waals surface area contributed by atoms with E-state index in [-0.39, 0.29) is 27.6 Å². The second-order valence-electron chi connectivity index (χ2n) is 22.3. The van der Waals surface area contributed by atoms with Crippen LogP contribution in [0, 0.1) is 34.6 Å². The number of hydrogen-bond donors (Lipinski definition) is 0. The molecule has 0 aliphatic heterocycles. The Morgan fingerprint density at radius 3 is 1.11 bits per heavy atom. The fraction of sp³-hybridized carbons (Fsp3) is 0.400. The van der Waals surface area contributed by atoms with Gasteiger partial charge in [-0.15, -0.1) is 0 Å². The highest BCUT2D eigenvalue weighted by Crippen LogP contribution is 2.52. The van der Waals surface area contributed by atoms with Crippen molar-refractivity contribution < 1.29 is 0 Å². The topological polar surface area (TPSA) is 0 Å².